The number of anilines is 3. The zero-order chi connectivity index (χ0) is 27.1. The van der Waals surface area contributed by atoms with Crippen LogP contribution < -0.4 is 20.9 Å². The summed E-state index contributed by atoms with van der Waals surface area (Å²) in [5.74, 6) is -0.769. The van der Waals surface area contributed by atoms with E-state index in [-0.39, 0.29) is 18.1 Å². The third kappa shape index (κ3) is 6.57. The van der Waals surface area contributed by atoms with Gasteiger partial charge in [-0.15, -0.1) is 5.10 Å². The molecule has 2 aromatic heterocycles. The van der Waals surface area contributed by atoms with E-state index in [9.17, 15) is 14.0 Å². The second-order valence-corrected chi connectivity index (χ2v) is 8.34. The third-order valence-corrected chi connectivity index (χ3v) is 5.53. The first-order valence-corrected chi connectivity index (χ1v) is 11.6. The smallest absolute Gasteiger partial charge is 0.247 e. The van der Waals surface area contributed by atoms with Crippen LogP contribution in [0.15, 0.2) is 55.5 Å². The Labute approximate surface area is 220 Å². The summed E-state index contributed by atoms with van der Waals surface area (Å²) in [6, 6.07) is 7.45. The first-order chi connectivity index (χ1) is 18.4. The van der Waals surface area contributed by atoms with Gasteiger partial charge in [-0.3, -0.25) is 19.5 Å². The van der Waals surface area contributed by atoms with Crippen LogP contribution in [0.3, 0.4) is 0 Å². The predicted molar refractivity (Wildman–Crippen MR) is 137 cm³/mol. The zero-order valence-corrected chi connectivity index (χ0v) is 20.6. The molecule has 0 fully saturated rings. The van der Waals surface area contributed by atoms with Gasteiger partial charge in [0.1, 0.15) is 36.0 Å². The first kappa shape index (κ1) is 26.4. The number of aryl methyl sites for hydroxylation is 1. The highest BCUT2D eigenvalue weighted by molar-refractivity contribution is 6.31. The van der Waals surface area contributed by atoms with Gasteiger partial charge < -0.3 is 15.4 Å². The van der Waals surface area contributed by atoms with Gasteiger partial charge >= 0.3 is 0 Å². The van der Waals surface area contributed by atoms with Crippen LogP contribution in [-0.2, 0) is 22.7 Å². The lowest BCUT2D eigenvalue weighted by Crippen LogP contribution is -2.18. The van der Waals surface area contributed by atoms with Gasteiger partial charge in [0.2, 0.25) is 11.8 Å². The maximum absolute atomic E-state index is 13.6. The van der Waals surface area contributed by atoms with Gasteiger partial charge in [-0.2, -0.15) is 0 Å². The van der Waals surface area contributed by atoms with Crippen molar-refractivity contribution in [1.82, 2.24) is 30.4 Å². The number of aromatic nitrogens is 5. The molecule has 2 aromatic carbocycles. The summed E-state index contributed by atoms with van der Waals surface area (Å²) in [7, 11) is 0. The highest BCUT2D eigenvalue weighted by Gasteiger charge is 2.14. The molecule has 2 heterocycles. The Balaban J connectivity index is 1.56. The van der Waals surface area contributed by atoms with Crippen molar-refractivity contribution in [3.05, 3.63) is 72.0 Å². The van der Waals surface area contributed by atoms with Gasteiger partial charge in [0.05, 0.1) is 22.4 Å². The minimum Gasteiger partial charge on any atom is -0.485 e. The normalized spacial score (nSPS) is 10.7. The number of benzene rings is 2. The Morgan fingerprint density at radius 1 is 1.24 bits per heavy atom. The lowest BCUT2D eigenvalue weighted by atomic mass is 10.1. The molecule has 0 unspecified atom stereocenters. The Morgan fingerprint density at radius 3 is 2.84 bits per heavy atom. The molecule has 0 atom stereocenters. The standard InChI is InChI=1S/C24H22ClFN8O4/c1-2-22(35)30-20-9-16-19(27-13-28-24(16)29-14-5-6-18(26)17(25)8-14)10-21(20)38-12-15-11-34(33-31-15)7-3-4-23(36)32-37/h2,5-6,8-11,13,37H,1,3-4,7,12H2,(H,30,35)(H,32,36)(H,27,28,29). The molecule has 4 N–H and O–H groups in total. The summed E-state index contributed by atoms with van der Waals surface area (Å²) >= 11 is 5.89. The number of hydroxylamine groups is 1. The van der Waals surface area contributed by atoms with Gasteiger partial charge in [-0.1, -0.05) is 23.4 Å². The van der Waals surface area contributed by atoms with Crippen LogP contribution >= 0.6 is 11.6 Å². The number of nitrogens with zero attached hydrogens (tertiary/aromatic N) is 5. The molecular formula is C24H22ClFN8O4. The van der Waals surface area contributed by atoms with Crippen LogP contribution in [0, 0.1) is 5.82 Å². The van der Waals surface area contributed by atoms with E-state index in [0.717, 1.165) is 6.08 Å². The summed E-state index contributed by atoms with van der Waals surface area (Å²) in [4.78, 5) is 31.8. The van der Waals surface area contributed by atoms with Gasteiger partial charge in [0.25, 0.3) is 0 Å². The Hall–Kier alpha value is -4.62. The van der Waals surface area contributed by atoms with E-state index >= 15 is 0 Å². The number of nitrogens with one attached hydrogen (secondary N) is 3. The fraction of sp³-hybridized carbons (Fsp3) is 0.167. The number of rotatable bonds is 11. The van der Waals surface area contributed by atoms with E-state index in [0.29, 0.717) is 52.5 Å². The maximum Gasteiger partial charge on any atom is 0.247 e. The summed E-state index contributed by atoms with van der Waals surface area (Å²) in [5, 5.41) is 22.9. The number of hydrogen-bond acceptors (Lipinski definition) is 9. The topological polar surface area (TPSA) is 156 Å². The van der Waals surface area contributed by atoms with Gasteiger partial charge in [0.15, 0.2) is 0 Å². The Morgan fingerprint density at radius 2 is 2.08 bits per heavy atom. The molecule has 12 nitrogen and oxygen atoms in total. The summed E-state index contributed by atoms with van der Waals surface area (Å²) in [5.41, 5.74) is 3.44. The van der Waals surface area contributed by atoms with Crippen molar-refractivity contribution in [2.24, 2.45) is 0 Å². The van der Waals surface area contributed by atoms with Crippen molar-refractivity contribution in [3.8, 4) is 5.75 Å². The van der Waals surface area contributed by atoms with E-state index in [1.165, 1.54) is 24.5 Å². The highest BCUT2D eigenvalue weighted by atomic mass is 35.5. The van der Waals surface area contributed by atoms with Crippen molar-refractivity contribution in [1.29, 1.82) is 0 Å². The monoisotopic (exact) mass is 540 g/mol. The second-order valence-electron chi connectivity index (χ2n) is 7.94. The number of halogens is 2. The van der Waals surface area contributed by atoms with E-state index < -0.39 is 17.6 Å². The molecule has 4 aromatic rings. The van der Waals surface area contributed by atoms with E-state index in [1.807, 2.05) is 0 Å². The lowest BCUT2D eigenvalue weighted by Gasteiger charge is -2.14. The quantitative estimate of drug-likeness (QED) is 0.126. The van der Waals surface area contributed by atoms with Crippen LogP contribution in [0.25, 0.3) is 10.9 Å². The summed E-state index contributed by atoms with van der Waals surface area (Å²) in [6.45, 7) is 3.93. The number of hydrogen-bond donors (Lipinski definition) is 4. The molecule has 0 aliphatic rings. The van der Waals surface area contributed by atoms with Gasteiger partial charge in [0, 0.05) is 30.1 Å². The second kappa shape index (κ2) is 12.1. The minimum absolute atomic E-state index is 0.0316. The van der Waals surface area contributed by atoms with Crippen LogP contribution in [0.5, 0.6) is 5.75 Å². The molecule has 0 radical (unpaired) electrons. The lowest BCUT2D eigenvalue weighted by molar-refractivity contribution is -0.129. The minimum atomic E-state index is -0.546. The van der Waals surface area contributed by atoms with Crippen molar-refractivity contribution < 1.29 is 23.9 Å². The summed E-state index contributed by atoms with van der Waals surface area (Å²) < 4.78 is 21.0. The van der Waals surface area contributed by atoms with E-state index in [1.54, 1.807) is 28.5 Å². The SMILES string of the molecule is C=CC(=O)Nc1cc2c(Nc3ccc(F)c(Cl)c3)ncnc2cc1OCc1cn(CCCC(=O)NO)nn1. The number of ether oxygens (including phenoxy) is 1. The Bertz CT molecular complexity index is 1500. The number of carbonyl (C=O) groups excluding carboxylic acids is 2. The van der Waals surface area contributed by atoms with Crippen LogP contribution in [0.1, 0.15) is 18.5 Å². The average Bonchev–Trinajstić information content (AvgIpc) is 3.37. The number of amides is 2. The largest absolute Gasteiger partial charge is 0.485 e. The van der Waals surface area contributed by atoms with Crippen LogP contribution in [0.2, 0.25) is 5.02 Å². The molecule has 0 aliphatic heterocycles. The molecule has 2 amide bonds. The molecule has 0 bridgehead atoms. The van der Waals surface area contributed by atoms with Gasteiger partial charge in [-0.05, 0) is 36.8 Å². The fourth-order valence-corrected chi connectivity index (χ4v) is 3.60. The molecule has 196 valence electrons. The van der Waals surface area contributed by atoms with E-state index in [2.05, 4.69) is 37.5 Å². The molecule has 4 rings (SSSR count). The van der Waals surface area contributed by atoms with Crippen molar-refractivity contribution in [2.75, 3.05) is 10.6 Å². The highest BCUT2D eigenvalue weighted by Crippen LogP contribution is 2.34. The molecule has 0 saturated heterocycles. The van der Waals surface area contributed by atoms with E-state index in [4.69, 9.17) is 21.5 Å². The van der Waals surface area contributed by atoms with Gasteiger partial charge in [-0.25, -0.2) is 19.8 Å². The molecule has 14 heteroatoms. The predicted octanol–water partition coefficient (Wildman–Crippen LogP) is 3.75. The molecule has 0 saturated carbocycles. The third-order valence-electron chi connectivity index (χ3n) is 5.24. The van der Waals surface area contributed by atoms with Crippen molar-refractivity contribution in [3.63, 3.8) is 0 Å². The maximum atomic E-state index is 13.6. The molecular weight excluding hydrogens is 519 g/mol. The van der Waals surface area contributed by atoms with Crippen molar-refractivity contribution >= 4 is 51.5 Å². The Kier molecular flexibility index (Phi) is 8.40. The molecule has 0 aliphatic carbocycles. The fourth-order valence-electron chi connectivity index (χ4n) is 3.42. The van der Waals surface area contributed by atoms with Crippen LogP contribution in [-0.4, -0.2) is 42.0 Å². The van der Waals surface area contributed by atoms with Crippen molar-refractivity contribution in [2.45, 2.75) is 26.0 Å². The number of fused-ring (bicyclic) bond motifs is 1. The van der Waals surface area contributed by atoms with Crippen LogP contribution in [0.4, 0.5) is 21.6 Å². The average molecular weight is 541 g/mol. The molecule has 38 heavy (non-hydrogen) atoms. The molecule has 0 spiro atoms. The first-order valence-electron chi connectivity index (χ1n) is 11.2. The number of carbonyl (C=O) groups is 2. The zero-order valence-electron chi connectivity index (χ0n) is 19.8. The summed E-state index contributed by atoms with van der Waals surface area (Å²) in [6.07, 6.45) is 4.73.